The highest BCUT2D eigenvalue weighted by molar-refractivity contribution is 6.62. The van der Waals surface area contributed by atoms with Crippen LogP contribution < -0.4 is 5.19 Å². The summed E-state index contributed by atoms with van der Waals surface area (Å²) < 4.78 is 10.7. The van der Waals surface area contributed by atoms with Gasteiger partial charge in [0.25, 0.3) is 0 Å². The van der Waals surface area contributed by atoms with E-state index < -0.39 is 9.28 Å². The maximum absolute atomic E-state index is 5.36. The summed E-state index contributed by atoms with van der Waals surface area (Å²) in [6.45, 7) is 2.01. The lowest BCUT2D eigenvalue weighted by atomic mass is 10.2. The summed E-state index contributed by atoms with van der Waals surface area (Å²) in [5.41, 5.74) is 1.19. The van der Waals surface area contributed by atoms with Gasteiger partial charge in [-0.25, -0.2) is 0 Å². The SMILES string of the molecule is CC=Cc1ccccc1[SiH](OC)OC. The number of hydrogen-bond donors (Lipinski definition) is 0. The van der Waals surface area contributed by atoms with Crippen molar-refractivity contribution in [2.75, 3.05) is 14.2 Å². The quantitative estimate of drug-likeness (QED) is 0.697. The van der Waals surface area contributed by atoms with Crippen LogP contribution in [0.1, 0.15) is 12.5 Å². The predicted molar refractivity (Wildman–Crippen MR) is 62.0 cm³/mol. The summed E-state index contributed by atoms with van der Waals surface area (Å²) in [6, 6.07) is 8.18. The van der Waals surface area contributed by atoms with Crippen LogP contribution in [0.4, 0.5) is 0 Å². The van der Waals surface area contributed by atoms with E-state index in [1.165, 1.54) is 10.8 Å². The molecule has 0 saturated heterocycles. The van der Waals surface area contributed by atoms with Crippen molar-refractivity contribution in [2.45, 2.75) is 6.92 Å². The third kappa shape index (κ3) is 2.54. The molecule has 0 unspecified atom stereocenters. The van der Waals surface area contributed by atoms with Crippen molar-refractivity contribution in [3.63, 3.8) is 0 Å². The normalized spacial score (nSPS) is 11.4. The molecule has 0 aliphatic heterocycles. The first-order valence-electron chi connectivity index (χ1n) is 4.60. The Bertz CT molecular complexity index is 306. The van der Waals surface area contributed by atoms with Crippen molar-refractivity contribution >= 4 is 20.5 Å². The van der Waals surface area contributed by atoms with E-state index in [0.29, 0.717) is 0 Å². The molecule has 2 nitrogen and oxygen atoms in total. The minimum atomic E-state index is -1.67. The van der Waals surface area contributed by atoms with Crippen LogP contribution in [-0.2, 0) is 8.85 Å². The molecule has 0 aliphatic carbocycles. The minimum absolute atomic E-state index is 1.19. The van der Waals surface area contributed by atoms with Crippen molar-refractivity contribution in [1.82, 2.24) is 0 Å². The van der Waals surface area contributed by atoms with Gasteiger partial charge in [-0.3, -0.25) is 0 Å². The fourth-order valence-corrected chi connectivity index (χ4v) is 2.84. The lowest BCUT2D eigenvalue weighted by molar-refractivity contribution is 0.292. The number of benzene rings is 1. The Labute approximate surface area is 87.0 Å². The lowest BCUT2D eigenvalue weighted by Crippen LogP contribution is -2.36. The van der Waals surface area contributed by atoms with Gasteiger partial charge in [0.1, 0.15) is 0 Å². The lowest BCUT2D eigenvalue weighted by Gasteiger charge is -2.13. The molecule has 0 fully saturated rings. The monoisotopic (exact) mass is 208 g/mol. The fraction of sp³-hybridized carbons (Fsp3) is 0.273. The van der Waals surface area contributed by atoms with Crippen LogP contribution in [0, 0.1) is 0 Å². The van der Waals surface area contributed by atoms with E-state index in [1.54, 1.807) is 14.2 Å². The predicted octanol–water partition coefficient (Wildman–Crippen LogP) is 1.44. The van der Waals surface area contributed by atoms with Crippen LogP contribution in [-0.4, -0.2) is 23.5 Å². The molecule has 76 valence electrons. The van der Waals surface area contributed by atoms with Gasteiger partial charge in [-0.15, -0.1) is 0 Å². The molecule has 0 spiro atoms. The maximum Gasteiger partial charge on any atom is 0.355 e. The molecule has 0 bridgehead atoms. The molecule has 0 N–H and O–H groups in total. The van der Waals surface area contributed by atoms with Crippen molar-refractivity contribution in [3.05, 3.63) is 35.9 Å². The van der Waals surface area contributed by atoms with Gasteiger partial charge in [0.2, 0.25) is 0 Å². The molecule has 0 radical (unpaired) electrons. The highest BCUT2D eigenvalue weighted by atomic mass is 28.3. The molecule has 0 aromatic heterocycles. The van der Waals surface area contributed by atoms with Crippen LogP contribution in [0.2, 0.25) is 0 Å². The Balaban J connectivity index is 3.04. The molecule has 0 saturated carbocycles. The summed E-state index contributed by atoms with van der Waals surface area (Å²) in [5.74, 6) is 0. The second kappa shape index (κ2) is 5.75. The molecule has 1 rings (SSSR count). The van der Waals surface area contributed by atoms with Crippen LogP contribution in [0.3, 0.4) is 0 Å². The van der Waals surface area contributed by atoms with Gasteiger partial charge in [-0.2, -0.15) is 0 Å². The second-order valence-corrected chi connectivity index (χ2v) is 5.16. The molecule has 0 amide bonds. The summed E-state index contributed by atoms with van der Waals surface area (Å²) in [5, 5.41) is 1.19. The van der Waals surface area contributed by atoms with Gasteiger partial charge >= 0.3 is 9.28 Å². The van der Waals surface area contributed by atoms with E-state index in [2.05, 4.69) is 18.2 Å². The van der Waals surface area contributed by atoms with Crippen LogP contribution >= 0.6 is 0 Å². The number of rotatable bonds is 4. The van der Waals surface area contributed by atoms with Gasteiger partial charge < -0.3 is 8.85 Å². The van der Waals surface area contributed by atoms with Crippen LogP contribution in [0.5, 0.6) is 0 Å². The van der Waals surface area contributed by atoms with Gasteiger partial charge in [-0.1, -0.05) is 36.4 Å². The summed E-state index contributed by atoms with van der Waals surface area (Å²) >= 11 is 0. The standard InChI is InChI=1S/C11H16O2Si/c1-4-7-10-8-5-6-9-11(10)14(12-2)13-3/h4-9,14H,1-3H3. The van der Waals surface area contributed by atoms with Gasteiger partial charge in [0, 0.05) is 14.2 Å². The molecule has 14 heavy (non-hydrogen) atoms. The molecular formula is C11H16O2Si. The zero-order valence-corrected chi connectivity index (χ0v) is 10.0. The third-order valence-electron chi connectivity index (χ3n) is 2.02. The number of hydrogen-bond acceptors (Lipinski definition) is 2. The second-order valence-electron chi connectivity index (χ2n) is 2.93. The zero-order valence-electron chi connectivity index (χ0n) is 8.86. The molecule has 1 aromatic rings. The van der Waals surface area contributed by atoms with Crippen LogP contribution in [0.25, 0.3) is 6.08 Å². The highest BCUT2D eigenvalue weighted by Gasteiger charge is 2.15. The van der Waals surface area contributed by atoms with Crippen molar-refractivity contribution in [2.24, 2.45) is 0 Å². The average molecular weight is 208 g/mol. The first-order valence-corrected chi connectivity index (χ1v) is 6.12. The van der Waals surface area contributed by atoms with E-state index in [1.807, 2.05) is 25.1 Å². The van der Waals surface area contributed by atoms with Gasteiger partial charge in [-0.05, 0) is 17.7 Å². The maximum atomic E-state index is 5.36. The van der Waals surface area contributed by atoms with Crippen molar-refractivity contribution < 1.29 is 8.85 Å². The van der Waals surface area contributed by atoms with Crippen LogP contribution in [0.15, 0.2) is 30.3 Å². The molecule has 1 aromatic carbocycles. The molecular weight excluding hydrogens is 192 g/mol. The largest absolute Gasteiger partial charge is 0.397 e. The first-order chi connectivity index (χ1) is 6.83. The topological polar surface area (TPSA) is 18.5 Å². The van der Waals surface area contributed by atoms with E-state index in [-0.39, 0.29) is 0 Å². The Morgan fingerprint density at radius 1 is 1.14 bits per heavy atom. The van der Waals surface area contributed by atoms with Crippen molar-refractivity contribution in [1.29, 1.82) is 0 Å². The molecule has 0 atom stereocenters. The first kappa shape index (κ1) is 11.2. The Hall–Kier alpha value is -0.903. The zero-order chi connectivity index (χ0) is 10.4. The van der Waals surface area contributed by atoms with E-state index >= 15 is 0 Å². The van der Waals surface area contributed by atoms with Gasteiger partial charge in [0.15, 0.2) is 0 Å². The molecule has 0 aliphatic rings. The fourth-order valence-electron chi connectivity index (χ4n) is 1.41. The number of allylic oxidation sites excluding steroid dienone is 1. The highest BCUT2D eigenvalue weighted by Crippen LogP contribution is 2.02. The minimum Gasteiger partial charge on any atom is -0.397 e. The smallest absolute Gasteiger partial charge is 0.355 e. The van der Waals surface area contributed by atoms with E-state index in [0.717, 1.165) is 0 Å². The Morgan fingerprint density at radius 2 is 1.79 bits per heavy atom. The summed E-state index contributed by atoms with van der Waals surface area (Å²) in [4.78, 5) is 0. The van der Waals surface area contributed by atoms with Gasteiger partial charge in [0.05, 0.1) is 0 Å². The van der Waals surface area contributed by atoms with E-state index in [4.69, 9.17) is 8.85 Å². The van der Waals surface area contributed by atoms with E-state index in [9.17, 15) is 0 Å². The Morgan fingerprint density at radius 3 is 2.36 bits per heavy atom. The average Bonchev–Trinajstić information content (AvgIpc) is 2.23. The van der Waals surface area contributed by atoms with Crippen molar-refractivity contribution in [3.8, 4) is 0 Å². The molecule has 0 heterocycles. The Kier molecular flexibility index (Phi) is 4.59. The molecule has 3 heteroatoms. The summed E-state index contributed by atoms with van der Waals surface area (Å²) in [7, 11) is 1.73. The third-order valence-corrected chi connectivity index (χ3v) is 3.91. The summed E-state index contributed by atoms with van der Waals surface area (Å²) in [6.07, 6.45) is 4.10.